The van der Waals surface area contributed by atoms with E-state index in [0.717, 1.165) is 13.0 Å². The van der Waals surface area contributed by atoms with Crippen LogP contribution in [0, 0.1) is 6.92 Å². The molecule has 1 unspecified atom stereocenters. The van der Waals surface area contributed by atoms with Crippen LogP contribution in [0.1, 0.15) is 115 Å². The van der Waals surface area contributed by atoms with E-state index in [4.69, 9.17) is 4.74 Å². The van der Waals surface area contributed by atoms with Gasteiger partial charge >= 0.3 is 0 Å². The number of hydrogen-bond donors (Lipinski definition) is 0. The third kappa shape index (κ3) is 16.2. The summed E-state index contributed by atoms with van der Waals surface area (Å²) in [4.78, 5) is 0. The fraction of sp³-hybridized carbons (Fsp3) is 0.741. The molecule has 0 aliphatic rings. The van der Waals surface area contributed by atoms with E-state index in [9.17, 15) is 0 Å². The highest BCUT2D eigenvalue weighted by molar-refractivity contribution is 5.15. The molecule has 0 heterocycles. The highest BCUT2D eigenvalue weighted by atomic mass is 16.5. The average Bonchev–Trinajstić information content (AvgIpc) is 2.71. The van der Waals surface area contributed by atoms with E-state index in [-0.39, 0.29) is 6.10 Å². The van der Waals surface area contributed by atoms with Gasteiger partial charge in [0.05, 0.1) is 6.10 Å². The maximum absolute atomic E-state index is 5.85. The van der Waals surface area contributed by atoms with Crippen molar-refractivity contribution < 1.29 is 4.74 Å². The van der Waals surface area contributed by atoms with Crippen LogP contribution in [-0.4, -0.2) is 12.7 Å². The van der Waals surface area contributed by atoms with Gasteiger partial charge in [-0.15, -0.1) is 0 Å². The van der Waals surface area contributed by atoms with Crippen LogP contribution in [-0.2, 0) is 11.2 Å². The Morgan fingerprint density at radius 2 is 1.07 bits per heavy atom. The molecule has 1 heteroatoms. The van der Waals surface area contributed by atoms with E-state index >= 15 is 0 Å². The Hall–Kier alpha value is -0.820. The third-order valence-electron chi connectivity index (χ3n) is 5.66. The molecule has 1 radical (unpaired) electrons. The van der Waals surface area contributed by atoms with E-state index in [2.05, 4.69) is 44.2 Å². The van der Waals surface area contributed by atoms with Gasteiger partial charge in [0, 0.05) is 6.61 Å². The molecule has 0 aliphatic carbocycles. The highest BCUT2D eigenvalue weighted by Gasteiger charge is 2.03. The summed E-state index contributed by atoms with van der Waals surface area (Å²) in [6.07, 6.45) is 23.5. The van der Waals surface area contributed by atoms with Crippen LogP contribution in [0.2, 0.25) is 0 Å². The molecule has 1 rings (SSSR count). The van der Waals surface area contributed by atoms with Crippen molar-refractivity contribution >= 4 is 0 Å². The number of unbranched alkanes of at least 4 members (excludes halogenated alkanes) is 15. The van der Waals surface area contributed by atoms with Crippen LogP contribution >= 0.6 is 0 Å². The third-order valence-corrected chi connectivity index (χ3v) is 5.66. The molecule has 161 valence electrons. The van der Waals surface area contributed by atoms with Crippen LogP contribution in [0.5, 0.6) is 0 Å². The van der Waals surface area contributed by atoms with Crippen molar-refractivity contribution in [2.45, 2.75) is 122 Å². The van der Waals surface area contributed by atoms with Crippen molar-refractivity contribution in [3.63, 3.8) is 0 Å². The molecule has 0 fully saturated rings. The van der Waals surface area contributed by atoms with E-state index in [1.165, 1.54) is 108 Å². The number of hydrogen-bond acceptors (Lipinski definition) is 1. The summed E-state index contributed by atoms with van der Waals surface area (Å²) in [7, 11) is 0. The average molecular weight is 388 g/mol. The monoisotopic (exact) mass is 387 g/mol. The van der Waals surface area contributed by atoms with Crippen molar-refractivity contribution in [2.75, 3.05) is 6.61 Å². The first kappa shape index (κ1) is 25.2. The fourth-order valence-corrected chi connectivity index (χ4v) is 3.84. The second kappa shape index (κ2) is 19.5. The zero-order chi connectivity index (χ0) is 20.1. The van der Waals surface area contributed by atoms with Crippen molar-refractivity contribution in [3.8, 4) is 0 Å². The molecule has 0 spiro atoms. The molecule has 1 nitrogen and oxygen atoms in total. The maximum Gasteiger partial charge on any atom is 0.0616 e. The summed E-state index contributed by atoms with van der Waals surface area (Å²) in [5.74, 6) is 0. The standard InChI is InChI=1S/C27H47O/c1-3-4-5-6-7-8-9-10-11-12-13-14-15-16-17-21-24-28-26(2)25-27-22-19-18-20-23-27/h18-20,22-23,26H,2-17,21,24-25H2,1H3. The van der Waals surface area contributed by atoms with Crippen molar-refractivity contribution in [1.29, 1.82) is 0 Å². The van der Waals surface area contributed by atoms with Crippen LogP contribution in [0.25, 0.3) is 0 Å². The zero-order valence-corrected chi connectivity index (χ0v) is 18.8. The Morgan fingerprint density at radius 3 is 1.54 bits per heavy atom. The van der Waals surface area contributed by atoms with Gasteiger partial charge in [-0.05, 0) is 25.3 Å². The fourth-order valence-electron chi connectivity index (χ4n) is 3.84. The quantitative estimate of drug-likeness (QED) is 0.203. The summed E-state index contributed by atoms with van der Waals surface area (Å²) in [6.45, 7) is 7.27. The molecule has 0 bridgehead atoms. The van der Waals surface area contributed by atoms with Gasteiger partial charge in [0.25, 0.3) is 0 Å². The van der Waals surface area contributed by atoms with Gasteiger partial charge in [-0.3, -0.25) is 0 Å². The Balaban J connectivity index is 1.74. The Bertz CT molecular complexity index is 414. The van der Waals surface area contributed by atoms with Crippen molar-refractivity contribution in [3.05, 3.63) is 42.8 Å². The minimum Gasteiger partial charge on any atom is -0.378 e. The lowest BCUT2D eigenvalue weighted by molar-refractivity contribution is 0.0803. The normalized spacial score (nSPS) is 12.4. The topological polar surface area (TPSA) is 9.23 Å². The van der Waals surface area contributed by atoms with Gasteiger partial charge in [0.1, 0.15) is 0 Å². The second-order valence-corrected chi connectivity index (χ2v) is 8.49. The zero-order valence-electron chi connectivity index (χ0n) is 18.8. The summed E-state index contributed by atoms with van der Waals surface area (Å²) in [6, 6.07) is 10.5. The number of ether oxygens (including phenoxy) is 1. The first-order chi connectivity index (χ1) is 13.8. The van der Waals surface area contributed by atoms with E-state index in [1.807, 2.05) is 0 Å². The Morgan fingerprint density at radius 1 is 0.643 bits per heavy atom. The SMILES string of the molecule is [CH2]C(Cc1ccccc1)OCCCCCCCCCCCCCCCCCC. The first-order valence-electron chi connectivity index (χ1n) is 12.3. The van der Waals surface area contributed by atoms with Crippen molar-refractivity contribution in [2.24, 2.45) is 0 Å². The predicted octanol–water partition coefficient (Wildman–Crippen LogP) is 8.71. The molecule has 0 N–H and O–H groups in total. The van der Waals surface area contributed by atoms with Crippen LogP contribution < -0.4 is 0 Å². The summed E-state index contributed by atoms with van der Waals surface area (Å²) < 4.78 is 5.85. The maximum atomic E-state index is 5.85. The Labute approximate surface area is 176 Å². The van der Waals surface area contributed by atoms with E-state index in [0.29, 0.717) is 0 Å². The Kier molecular flexibility index (Phi) is 17.6. The minimum atomic E-state index is 0.0822. The molecular weight excluding hydrogens is 340 g/mol. The number of benzene rings is 1. The summed E-state index contributed by atoms with van der Waals surface area (Å²) in [5.41, 5.74) is 1.31. The lowest BCUT2D eigenvalue weighted by Gasteiger charge is -2.13. The molecule has 1 aromatic rings. The molecule has 1 aromatic carbocycles. The molecule has 1 atom stereocenters. The van der Waals surface area contributed by atoms with Gasteiger partial charge in [0.2, 0.25) is 0 Å². The van der Waals surface area contributed by atoms with Gasteiger partial charge in [0.15, 0.2) is 0 Å². The largest absolute Gasteiger partial charge is 0.378 e. The molecule has 0 aliphatic heterocycles. The van der Waals surface area contributed by atoms with Crippen molar-refractivity contribution in [1.82, 2.24) is 0 Å². The lowest BCUT2D eigenvalue weighted by atomic mass is 10.0. The van der Waals surface area contributed by atoms with Gasteiger partial charge in [-0.1, -0.05) is 134 Å². The molecule has 0 aromatic heterocycles. The molecule has 0 saturated carbocycles. The summed E-state index contributed by atoms with van der Waals surface area (Å²) in [5, 5.41) is 0. The molecule has 0 amide bonds. The van der Waals surface area contributed by atoms with Crippen LogP contribution in [0.15, 0.2) is 30.3 Å². The first-order valence-corrected chi connectivity index (χ1v) is 12.3. The highest BCUT2D eigenvalue weighted by Crippen LogP contribution is 2.14. The minimum absolute atomic E-state index is 0.0822. The lowest BCUT2D eigenvalue weighted by Crippen LogP contribution is -2.12. The molecular formula is C27H47O. The van der Waals surface area contributed by atoms with Crippen LogP contribution in [0.4, 0.5) is 0 Å². The van der Waals surface area contributed by atoms with E-state index < -0.39 is 0 Å². The second-order valence-electron chi connectivity index (χ2n) is 8.49. The summed E-state index contributed by atoms with van der Waals surface area (Å²) >= 11 is 0. The van der Waals surface area contributed by atoms with Gasteiger partial charge < -0.3 is 4.74 Å². The number of rotatable bonds is 20. The predicted molar refractivity (Wildman–Crippen MR) is 125 cm³/mol. The smallest absolute Gasteiger partial charge is 0.0616 e. The van der Waals surface area contributed by atoms with E-state index in [1.54, 1.807) is 0 Å². The van der Waals surface area contributed by atoms with Gasteiger partial charge in [-0.2, -0.15) is 0 Å². The van der Waals surface area contributed by atoms with Gasteiger partial charge in [-0.25, -0.2) is 0 Å². The van der Waals surface area contributed by atoms with Crippen LogP contribution in [0.3, 0.4) is 0 Å². The molecule has 0 saturated heterocycles. The molecule has 28 heavy (non-hydrogen) atoms.